The first-order valence-corrected chi connectivity index (χ1v) is 4.49. The fraction of sp³-hybridized carbons (Fsp3) is 0.778. The lowest BCUT2D eigenvalue weighted by Crippen LogP contribution is -2.36. The molecule has 0 saturated carbocycles. The molecule has 0 fully saturated rings. The topological polar surface area (TPSA) is 21.3 Å². The van der Waals surface area contributed by atoms with Crippen molar-refractivity contribution < 1.29 is 22.3 Å². The van der Waals surface area contributed by atoms with Gasteiger partial charge in [-0.15, -0.1) is 6.58 Å². The van der Waals surface area contributed by atoms with Gasteiger partial charge in [0.1, 0.15) is 6.61 Å². The molecular weight excluding hydrogens is 214 g/mol. The highest BCUT2D eigenvalue weighted by Gasteiger charge is 2.41. The van der Waals surface area contributed by atoms with E-state index in [1.165, 1.54) is 6.92 Å². The van der Waals surface area contributed by atoms with E-state index in [-0.39, 0.29) is 0 Å². The van der Waals surface area contributed by atoms with Crippen molar-refractivity contribution in [1.29, 1.82) is 0 Å². The molecule has 0 radical (unpaired) electrons. The van der Waals surface area contributed by atoms with E-state index in [2.05, 4.69) is 16.6 Å². The number of rotatable bonds is 8. The van der Waals surface area contributed by atoms with Gasteiger partial charge < -0.3 is 10.1 Å². The highest BCUT2D eigenvalue weighted by atomic mass is 19.3. The minimum absolute atomic E-state index is 0.311. The highest BCUT2D eigenvalue weighted by molar-refractivity contribution is 4.72. The number of ether oxygens (including phenoxy) is 1. The molecule has 1 unspecified atom stereocenters. The van der Waals surface area contributed by atoms with Gasteiger partial charge in [-0.2, -0.15) is 8.78 Å². The third-order valence-corrected chi connectivity index (χ3v) is 1.60. The van der Waals surface area contributed by atoms with Crippen LogP contribution in [0.1, 0.15) is 6.92 Å². The zero-order chi connectivity index (χ0) is 11.9. The summed E-state index contributed by atoms with van der Waals surface area (Å²) in [6.07, 6.45) is -2.64. The maximum atomic E-state index is 12.4. The Kier molecular flexibility index (Phi) is 6.51. The summed E-state index contributed by atoms with van der Waals surface area (Å²) in [5, 5.41) is 2.82. The Morgan fingerprint density at radius 1 is 1.47 bits per heavy atom. The molecule has 0 rings (SSSR count). The summed E-state index contributed by atoms with van der Waals surface area (Å²) in [4.78, 5) is 0. The summed E-state index contributed by atoms with van der Waals surface area (Å²) in [5.41, 5.74) is 0. The number of halogens is 4. The van der Waals surface area contributed by atoms with Gasteiger partial charge in [-0.05, 0) is 6.92 Å². The second-order valence-electron chi connectivity index (χ2n) is 3.13. The zero-order valence-corrected chi connectivity index (χ0v) is 8.48. The van der Waals surface area contributed by atoms with Crippen molar-refractivity contribution in [1.82, 2.24) is 5.32 Å². The summed E-state index contributed by atoms with van der Waals surface area (Å²) in [7, 11) is 0. The Morgan fingerprint density at radius 2 is 2.07 bits per heavy atom. The maximum absolute atomic E-state index is 12.4. The normalized spacial score (nSPS) is 14.3. The smallest absolute Gasteiger partial charge is 0.330 e. The van der Waals surface area contributed by atoms with Gasteiger partial charge in [0.05, 0.1) is 6.10 Å². The Balaban J connectivity index is 3.69. The summed E-state index contributed by atoms with van der Waals surface area (Å²) < 4.78 is 52.8. The standard InChI is InChI=1S/C9H15F4NO/c1-3-4-14-5-7(2)15-6-9(12,13)8(10)11/h3,7-8,14H,1,4-6H2,2H3. The molecule has 0 amide bonds. The van der Waals surface area contributed by atoms with E-state index in [0.29, 0.717) is 13.1 Å². The SMILES string of the molecule is C=CCNCC(C)OCC(F)(F)C(F)F. The minimum Gasteiger partial charge on any atom is -0.371 e. The van der Waals surface area contributed by atoms with Gasteiger partial charge in [0.15, 0.2) is 0 Å². The van der Waals surface area contributed by atoms with Gasteiger partial charge >= 0.3 is 12.3 Å². The highest BCUT2D eigenvalue weighted by Crippen LogP contribution is 2.23. The summed E-state index contributed by atoms with van der Waals surface area (Å²) in [6, 6.07) is 0. The molecule has 0 aromatic rings. The number of alkyl halides is 4. The third-order valence-electron chi connectivity index (χ3n) is 1.60. The fourth-order valence-corrected chi connectivity index (χ4v) is 0.764. The van der Waals surface area contributed by atoms with Crippen molar-refractivity contribution in [2.45, 2.75) is 25.4 Å². The Hall–Kier alpha value is -0.620. The molecule has 90 valence electrons. The van der Waals surface area contributed by atoms with Gasteiger partial charge in [0.2, 0.25) is 0 Å². The lowest BCUT2D eigenvalue weighted by atomic mass is 10.3. The van der Waals surface area contributed by atoms with Crippen LogP contribution in [0.25, 0.3) is 0 Å². The predicted molar refractivity (Wildman–Crippen MR) is 49.4 cm³/mol. The van der Waals surface area contributed by atoms with Crippen molar-refractivity contribution >= 4 is 0 Å². The summed E-state index contributed by atoms with van der Waals surface area (Å²) in [6.45, 7) is 4.53. The van der Waals surface area contributed by atoms with Crippen LogP contribution in [-0.2, 0) is 4.74 Å². The van der Waals surface area contributed by atoms with Crippen LogP contribution in [0.4, 0.5) is 17.6 Å². The quantitative estimate of drug-likeness (QED) is 0.391. The molecule has 2 nitrogen and oxygen atoms in total. The van der Waals surface area contributed by atoms with Gasteiger partial charge in [-0.3, -0.25) is 0 Å². The van der Waals surface area contributed by atoms with E-state index in [4.69, 9.17) is 0 Å². The summed E-state index contributed by atoms with van der Waals surface area (Å²) in [5.74, 6) is -4.08. The van der Waals surface area contributed by atoms with Crippen LogP contribution < -0.4 is 5.32 Å². The molecule has 0 bridgehead atoms. The van der Waals surface area contributed by atoms with E-state index in [1.807, 2.05) is 0 Å². The molecule has 1 N–H and O–H groups in total. The van der Waals surface area contributed by atoms with Crippen LogP contribution in [0.3, 0.4) is 0 Å². The first-order chi connectivity index (χ1) is 6.90. The van der Waals surface area contributed by atoms with E-state index in [9.17, 15) is 17.6 Å². The molecule has 0 aliphatic heterocycles. The van der Waals surface area contributed by atoms with E-state index in [1.54, 1.807) is 6.08 Å². The van der Waals surface area contributed by atoms with Crippen LogP contribution >= 0.6 is 0 Å². The molecule has 0 aliphatic carbocycles. The van der Waals surface area contributed by atoms with E-state index in [0.717, 1.165) is 0 Å². The zero-order valence-electron chi connectivity index (χ0n) is 8.48. The number of nitrogens with one attached hydrogen (secondary N) is 1. The average molecular weight is 229 g/mol. The van der Waals surface area contributed by atoms with Gasteiger partial charge in [-0.25, -0.2) is 8.78 Å². The largest absolute Gasteiger partial charge is 0.371 e. The molecule has 0 heterocycles. The van der Waals surface area contributed by atoms with Crippen molar-refractivity contribution in [3.05, 3.63) is 12.7 Å². The minimum atomic E-state index is -4.08. The van der Waals surface area contributed by atoms with Gasteiger partial charge in [0.25, 0.3) is 0 Å². The molecule has 6 heteroatoms. The summed E-state index contributed by atoms with van der Waals surface area (Å²) >= 11 is 0. The second kappa shape index (κ2) is 6.79. The first kappa shape index (κ1) is 14.4. The van der Waals surface area contributed by atoms with Crippen LogP contribution in [-0.4, -0.2) is 38.1 Å². The van der Waals surface area contributed by atoms with E-state index < -0.39 is 25.1 Å². The van der Waals surface area contributed by atoms with Crippen LogP contribution in [0, 0.1) is 0 Å². The second-order valence-corrected chi connectivity index (χ2v) is 3.13. The van der Waals surface area contributed by atoms with Gasteiger partial charge in [-0.1, -0.05) is 6.08 Å². The van der Waals surface area contributed by atoms with Crippen molar-refractivity contribution in [3.63, 3.8) is 0 Å². The number of hydrogen-bond donors (Lipinski definition) is 1. The monoisotopic (exact) mass is 229 g/mol. The lowest BCUT2D eigenvalue weighted by molar-refractivity contribution is -0.173. The Morgan fingerprint density at radius 3 is 2.53 bits per heavy atom. The number of hydrogen-bond acceptors (Lipinski definition) is 2. The molecule has 0 aromatic carbocycles. The van der Waals surface area contributed by atoms with Crippen molar-refractivity contribution in [3.8, 4) is 0 Å². The third kappa shape index (κ3) is 6.46. The van der Waals surface area contributed by atoms with Gasteiger partial charge in [0, 0.05) is 13.1 Å². The predicted octanol–water partition coefficient (Wildman–Crippen LogP) is 2.07. The maximum Gasteiger partial charge on any atom is 0.330 e. The Labute approximate surface area is 86.3 Å². The molecule has 0 aliphatic rings. The molecule has 0 aromatic heterocycles. The first-order valence-electron chi connectivity index (χ1n) is 4.49. The molecule has 0 saturated heterocycles. The lowest BCUT2D eigenvalue weighted by Gasteiger charge is -2.19. The molecular formula is C9H15F4NO. The van der Waals surface area contributed by atoms with Crippen LogP contribution in [0.15, 0.2) is 12.7 Å². The van der Waals surface area contributed by atoms with Crippen LogP contribution in [0.5, 0.6) is 0 Å². The Bertz CT molecular complexity index is 187. The van der Waals surface area contributed by atoms with Crippen molar-refractivity contribution in [2.75, 3.05) is 19.7 Å². The molecule has 15 heavy (non-hydrogen) atoms. The van der Waals surface area contributed by atoms with Crippen LogP contribution in [0.2, 0.25) is 0 Å². The molecule has 1 atom stereocenters. The fourth-order valence-electron chi connectivity index (χ4n) is 0.764. The van der Waals surface area contributed by atoms with E-state index >= 15 is 0 Å². The average Bonchev–Trinajstić information content (AvgIpc) is 2.15. The molecule has 0 spiro atoms. The van der Waals surface area contributed by atoms with Crippen molar-refractivity contribution in [2.24, 2.45) is 0 Å².